The van der Waals surface area contributed by atoms with Crippen molar-refractivity contribution in [1.29, 1.82) is 0 Å². The average Bonchev–Trinajstić information content (AvgIpc) is 2.38. The largest absolute Gasteiger partial charge is 0.384 e. The molecule has 5 nitrogen and oxygen atoms in total. The SMILES string of the molecule is CC1CCCC(N(C)S(=O)(=O)c2ccnc(N)c2)C1. The molecule has 1 aliphatic carbocycles. The molecule has 1 aromatic rings. The lowest BCUT2D eigenvalue weighted by atomic mass is 9.87. The first-order chi connectivity index (χ1) is 8.91. The van der Waals surface area contributed by atoms with Crippen LogP contribution >= 0.6 is 0 Å². The van der Waals surface area contributed by atoms with Gasteiger partial charge in [-0.15, -0.1) is 0 Å². The van der Waals surface area contributed by atoms with Crippen molar-refractivity contribution in [3.05, 3.63) is 18.3 Å². The van der Waals surface area contributed by atoms with E-state index in [-0.39, 0.29) is 16.8 Å². The zero-order chi connectivity index (χ0) is 14.0. The van der Waals surface area contributed by atoms with Crippen molar-refractivity contribution < 1.29 is 8.42 Å². The molecule has 19 heavy (non-hydrogen) atoms. The molecule has 0 spiro atoms. The summed E-state index contributed by atoms with van der Waals surface area (Å²) in [5, 5.41) is 0. The highest BCUT2D eigenvalue weighted by Gasteiger charge is 2.31. The Balaban J connectivity index is 2.24. The minimum atomic E-state index is -3.47. The third-order valence-corrected chi connectivity index (χ3v) is 5.76. The van der Waals surface area contributed by atoms with Crippen molar-refractivity contribution in [3.63, 3.8) is 0 Å². The van der Waals surface area contributed by atoms with E-state index in [4.69, 9.17) is 5.73 Å². The molecular weight excluding hydrogens is 262 g/mol. The molecule has 2 rings (SSSR count). The normalized spacial score (nSPS) is 24.6. The summed E-state index contributed by atoms with van der Waals surface area (Å²) in [5.41, 5.74) is 5.56. The first-order valence-electron chi connectivity index (χ1n) is 6.61. The molecule has 0 aromatic carbocycles. The van der Waals surface area contributed by atoms with E-state index in [1.165, 1.54) is 29.1 Å². The minimum Gasteiger partial charge on any atom is -0.384 e. The highest BCUT2D eigenvalue weighted by atomic mass is 32.2. The molecule has 0 bridgehead atoms. The monoisotopic (exact) mass is 283 g/mol. The summed E-state index contributed by atoms with van der Waals surface area (Å²) < 4.78 is 26.6. The molecule has 0 amide bonds. The molecule has 2 N–H and O–H groups in total. The fraction of sp³-hybridized carbons (Fsp3) is 0.615. The van der Waals surface area contributed by atoms with E-state index in [1.54, 1.807) is 7.05 Å². The summed E-state index contributed by atoms with van der Waals surface area (Å²) in [7, 11) is -1.81. The highest BCUT2D eigenvalue weighted by molar-refractivity contribution is 7.89. The Hall–Kier alpha value is -1.14. The second-order valence-electron chi connectivity index (χ2n) is 5.36. The van der Waals surface area contributed by atoms with E-state index in [9.17, 15) is 8.42 Å². The molecule has 1 aliphatic rings. The molecule has 2 atom stereocenters. The number of rotatable bonds is 3. The van der Waals surface area contributed by atoms with Gasteiger partial charge in [0.05, 0.1) is 4.90 Å². The Morgan fingerprint density at radius 3 is 2.79 bits per heavy atom. The third-order valence-electron chi connectivity index (χ3n) is 3.85. The van der Waals surface area contributed by atoms with Gasteiger partial charge >= 0.3 is 0 Å². The van der Waals surface area contributed by atoms with Crippen LogP contribution < -0.4 is 5.73 Å². The third kappa shape index (κ3) is 3.06. The standard InChI is InChI=1S/C13H21N3O2S/c1-10-4-3-5-11(8-10)16(2)19(17,18)12-6-7-15-13(14)9-12/h6-7,9-11H,3-5,8H2,1-2H3,(H2,14,15). The fourth-order valence-corrected chi connectivity index (χ4v) is 4.10. The van der Waals surface area contributed by atoms with Crippen LogP contribution in [0.2, 0.25) is 0 Å². The van der Waals surface area contributed by atoms with Crippen LogP contribution in [0.5, 0.6) is 0 Å². The Labute approximate surface area is 114 Å². The number of anilines is 1. The molecular formula is C13H21N3O2S. The van der Waals surface area contributed by atoms with Crippen molar-refractivity contribution >= 4 is 15.8 Å². The number of hydrogen-bond acceptors (Lipinski definition) is 4. The number of hydrogen-bond donors (Lipinski definition) is 1. The van der Waals surface area contributed by atoms with Gasteiger partial charge < -0.3 is 5.73 Å². The first-order valence-corrected chi connectivity index (χ1v) is 8.05. The predicted octanol–water partition coefficient (Wildman–Crippen LogP) is 1.86. The summed E-state index contributed by atoms with van der Waals surface area (Å²) in [6.45, 7) is 2.18. The molecule has 2 unspecified atom stereocenters. The van der Waals surface area contributed by atoms with Gasteiger partial charge in [-0.3, -0.25) is 0 Å². The summed E-state index contributed by atoms with van der Waals surface area (Å²) >= 11 is 0. The fourth-order valence-electron chi connectivity index (χ4n) is 2.68. The highest BCUT2D eigenvalue weighted by Crippen LogP contribution is 2.29. The van der Waals surface area contributed by atoms with Gasteiger partial charge in [0, 0.05) is 25.4 Å². The molecule has 1 aromatic heterocycles. The van der Waals surface area contributed by atoms with Gasteiger partial charge in [0.2, 0.25) is 10.0 Å². The van der Waals surface area contributed by atoms with E-state index in [0.29, 0.717) is 5.92 Å². The van der Waals surface area contributed by atoms with Crippen LogP contribution in [0.15, 0.2) is 23.2 Å². The molecule has 1 saturated carbocycles. The minimum absolute atomic E-state index is 0.0862. The number of nitrogen functional groups attached to an aromatic ring is 1. The second kappa shape index (κ2) is 5.46. The smallest absolute Gasteiger partial charge is 0.243 e. The maximum Gasteiger partial charge on any atom is 0.243 e. The van der Waals surface area contributed by atoms with Crippen molar-refractivity contribution in [1.82, 2.24) is 9.29 Å². The Morgan fingerprint density at radius 1 is 1.42 bits per heavy atom. The van der Waals surface area contributed by atoms with Gasteiger partial charge in [-0.25, -0.2) is 13.4 Å². The van der Waals surface area contributed by atoms with Gasteiger partial charge in [-0.1, -0.05) is 19.8 Å². The molecule has 0 saturated heterocycles. The summed E-state index contributed by atoms with van der Waals surface area (Å²) in [6.07, 6.45) is 5.56. The van der Waals surface area contributed by atoms with E-state index >= 15 is 0 Å². The molecule has 0 radical (unpaired) electrons. The van der Waals surface area contributed by atoms with Crippen LogP contribution in [0.4, 0.5) is 5.82 Å². The van der Waals surface area contributed by atoms with Gasteiger partial charge in [0.25, 0.3) is 0 Å². The number of aromatic nitrogens is 1. The van der Waals surface area contributed by atoms with Crippen molar-refractivity contribution in [3.8, 4) is 0 Å². The molecule has 106 valence electrons. The van der Waals surface area contributed by atoms with E-state index in [1.807, 2.05) is 0 Å². The maximum absolute atomic E-state index is 12.5. The van der Waals surface area contributed by atoms with Crippen LogP contribution in [0.3, 0.4) is 0 Å². The van der Waals surface area contributed by atoms with Crippen molar-refractivity contribution in [2.24, 2.45) is 5.92 Å². The lowest BCUT2D eigenvalue weighted by Crippen LogP contribution is -2.39. The van der Waals surface area contributed by atoms with E-state index < -0.39 is 10.0 Å². The predicted molar refractivity (Wildman–Crippen MR) is 75.0 cm³/mol. The zero-order valence-corrected chi connectivity index (χ0v) is 12.2. The summed E-state index contributed by atoms with van der Waals surface area (Å²) in [5.74, 6) is 0.811. The van der Waals surface area contributed by atoms with Crippen molar-refractivity contribution in [2.75, 3.05) is 12.8 Å². The summed E-state index contributed by atoms with van der Waals surface area (Å²) in [4.78, 5) is 4.05. The second-order valence-corrected chi connectivity index (χ2v) is 7.36. The number of pyridine rings is 1. The number of nitrogens with two attached hydrogens (primary N) is 1. The number of nitrogens with zero attached hydrogens (tertiary/aromatic N) is 2. The van der Waals surface area contributed by atoms with Gasteiger partial charge in [0.1, 0.15) is 5.82 Å². The quantitative estimate of drug-likeness (QED) is 0.918. The Morgan fingerprint density at radius 2 is 2.16 bits per heavy atom. The van der Waals surface area contributed by atoms with Crippen molar-refractivity contribution in [2.45, 2.75) is 43.5 Å². The molecule has 0 aliphatic heterocycles. The zero-order valence-electron chi connectivity index (χ0n) is 11.4. The van der Waals surface area contributed by atoms with Gasteiger partial charge in [-0.2, -0.15) is 4.31 Å². The summed E-state index contributed by atoms with van der Waals surface area (Å²) in [6, 6.07) is 3.00. The Bertz CT molecular complexity index is 545. The van der Waals surface area contributed by atoms with Crippen LogP contribution in [-0.4, -0.2) is 30.8 Å². The lowest BCUT2D eigenvalue weighted by molar-refractivity contribution is 0.239. The van der Waals surface area contributed by atoms with Gasteiger partial charge in [0.15, 0.2) is 0 Å². The molecule has 1 heterocycles. The van der Waals surface area contributed by atoms with Crippen LogP contribution in [0.1, 0.15) is 32.6 Å². The lowest BCUT2D eigenvalue weighted by Gasteiger charge is -2.33. The Kier molecular flexibility index (Phi) is 4.10. The maximum atomic E-state index is 12.5. The van der Waals surface area contributed by atoms with Gasteiger partial charge in [-0.05, 0) is 24.8 Å². The molecule has 1 fully saturated rings. The van der Waals surface area contributed by atoms with E-state index in [0.717, 1.165) is 19.3 Å². The topological polar surface area (TPSA) is 76.3 Å². The molecule has 6 heteroatoms. The van der Waals surface area contributed by atoms with Crippen LogP contribution in [0, 0.1) is 5.92 Å². The van der Waals surface area contributed by atoms with Crippen LogP contribution in [-0.2, 0) is 10.0 Å². The average molecular weight is 283 g/mol. The van der Waals surface area contributed by atoms with Crippen LogP contribution in [0.25, 0.3) is 0 Å². The first kappa shape index (κ1) is 14.3. The van der Waals surface area contributed by atoms with E-state index in [2.05, 4.69) is 11.9 Å². The number of sulfonamides is 1.